The molecule has 0 aromatic carbocycles. The van der Waals surface area contributed by atoms with E-state index < -0.39 is 0 Å². The Bertz CT molecular complexity index is 307. The van der Waals surface area contributed by atoms with E-state index in [4.69, 9.17) is 4.74 Å². The van der Waals surface area contributed by atoms with Gasteiger partial charge in [0.25, 0.3) is 0 Å². The molecule has 0 spiro atoms. The third-order valence-electron chi connectivity index (χ3n) is 2.80. The summed E-state index contributed by atoms with van der Waals surface area (Å²) >= 11 is 0. The maximum absolute atomic E-state index is 5.16. The number of nitrogens with one attached hydrogen (secondary N) is 1. The number of methoxy groups -OCH3 is 1. The van der Waals surface area contributed by atoms with E-state index in [0.29, 0.717) is 12.1 Å². The third-order valence-corrected chi connectivity index (χ3v) is 2.80. The highest BCUT2D eigenvalue weighted by Gasteiger charge is 2.25. The lowest BCUT2D eigenvalue weighted by Crippen LogP contribution is -2.25. The van der Waals surface area contributed by atoms with Crippen LogP contribution in [0, 0.1) is 0 Å². The summed E-state index contributed by atoms with van der Waals surface area (Å²) in [6, 6.07) is 1.03. The molecule has 1 fully saturated rings. The molecule has 1 heterocycles. The van der Waals surface area contributed by atoms with E-state index in [1.807, 2.05) is 6.20 Å². The second-order valence-electron chi connectivity index (χ2n) is 4.09. The summed E-state index contributed by atoms with van der Waals surface area (Å²) in [5.74, 6) is 0.987. The van der Waals surface area contributed by atoms with Crippen LogP contribution >= 0.6 is 0 Å². The van der Waals surface area contributed by atoms with Crippen molar-refractivity contribution in [3.63, 3.8) is 0 Å². The Hall–Kier alpha value is -1.03. The van der Waals surface area contributed by atoms with E-state index in [0.717, 1.165) is 19.0 Å². The summed E-state index contributed by atoms with van der Waals surface area (Å²) < 4.78 is 7.39. The lowest BCUT2D eigenvalue weighted by molar-refractivity contribution is 0.184. The van der Waals surface area contributed by atoms with Crippen LogP contribution in [0.2, 0.25) is 0 Å². The molecule has 0 amide bonds. The maximum atomic E-state index is 5.16. The first-order valence-electron chi connectivity index (χ1n) is 5.63. The number of nitrogens with zero attached hydrogens (tertiary/aromatic N) is 2. The molecule has 2 rings (SSSR count). The molecule has 1 saturated carbocycles. The Morgan fingerprint density at radius 1 is 1.67 bits per heavy atom. The van der Waals surface area contributed by atoms with Gasteiger partial charge in [-0.25, -0.2) is 4.98 Å². The van der Waals surface area contributed by atoms with Gasteiger partial charge in [-0.15, -0.1) is 0 Å². The quantitative estimate of drug-likeness (QED) is 0.779. The number of hydrogen-bond acceptors (Lipinski definition) is 3. The zero-order chi connectivity index (χ0) is 10.7. The van der Waals surface area contributed by atoms with Crippen LogP contribution in [0.1, 0.15) is 32.2 Å². The van der Waals surface area contributed by atoms with Gasteiger partial charge in [0.05, 0.1) is 12.6 Å². The van der Waals surface area contributed by atoms with Gasteiger partial charge in [0.15, 0.2) is 0 Å². The van der Waals surface area contributed by atoms with Gasteiger partial charge in [0, 0.05) is 25.5 Å². The Morgan fingerprint density at radius 3 is 3.07 bits per heavy atom. The lowest BCUT2D eigenvalue weighted by atomic mass is 10.2. The topological polar surface area (TPSA) is 39.1 Å². The molecule has 4 heteroatoms. The van der Waals surface area contributed by atoms with Crippen molar-refractivity contribution in [3.05, 3.63) is 12.4 Å². The number of imidazole rings is 1. The summed E-state index contributed by atoms with van der Waals surface area (Å²) in [6.07, 6.45) is 7.53. The van der Waals surface area contributed by atoms with Crippen molar-refractivity contribution in [1.82, 2.24) is 9.55 Å². The summed E-state index contributed by atoms with van der Waals surface area (Å²) in [6.45, 7) is 2.88. The van der Waals surface area contributed by atoms with Gasteiger partial charge in [-0.2, -0.15) is 0 Å². The number of rotatable bonds is 6. The minimum Gasteiger partial charge on any atom is -0.383 e. The number of ether oxygens (including phenoxy) is 1. The van der Waals surface area contributed by atoms with Crippen molar-refractivity contribution in [2.75, 3.05) is 19.0 Å². The molecule has 1 unspecified atom stereocenters. The molecule has 1 aromatic rings. The molecule has 0 radical (unpaired) electrons. The first-order valence-corrected chi connectivity index (χ1v) is 5.63. The SMILES string of the molecule is CCC(COC)Nc1nccn1C1CC1. The number of aromatic nitrogens is 2. The van der Waals surface area contributed by atoms with Crippen LogP contribution < -0.4 is 5.32 Å². The number of hydrogen-bond donors (Lipinski definition) is 1. The van der Waals surface area contributed by atoms with Crippen molar-refractivity contribution >= 4 is 5.95 Å². The molecule has 1 atom stereocenters. The van der Waals surface area contributed by atoms with Gasteiger partial charge in [-0.1, -0.05) is 6.92 Å². The van der Waals surface area contributed by atoms with Crippen molar-refractivity contribution in [2.45, 2.75) is 38.3 Å². The van der Waals surface area contributed by atoms with E-state index in [1.54, 1.807) is 7.11 Å². The number of anilines is 1. The van der Waals surface area contributed by atoms with Crippen molar-refractivity contribution < 1.29 is 4.74 Å². The molecule has 15 heavy (non-hydrogen) atoms. The molecule has 84 valence electrons. The van der Waals surface area contributed by atoms with E-state index >= 15 is 0 Å². The fraction of sp³-hybridized carbons (Fsp3) is 0.727. The van der Waals surface area contributed by atoms with Gasteiger partial charge in [-0.3, -0.25) is 0 Å². The average molecular weight is 209 g/mol. The van der Waals surface area contributed by atoms with E-state index in [-0.39, 0.29) is 0 Å². The second kappa shape index (κ2) is 4.66. The summed E-state index contributed by atoms with van der Waals surface area (Å²) in [5, 5.41) is 3.43. The molecule has 1 aliphatic carbocycles. The average Bonchev–Trinajstić information content (AvgIpc) is 2.99. The summed E-state index contributed by atoms with van der Waals surface area (Å²) in [7, 11) is 1.73. The van der Waals surface area contributed by atoms with Crippen LogP contribution in [0.3, 0.4) is 0 Å². The van der Waals surface area contributed by atoms with Gasteiger partial charge in [0.2, 0.25) is 5.95 Å². The Balaban J connectivity index is 1.98. The molecule has 0 bridgehead atoms. The molecular formula is C11H19N3O. The second-order valence-corrected chi connectivity index (χ2v) is 4.09. The Morgan fingerprint density at radius 2 is 2.47 bits per heavy atom. The van der Waals surface area contributed by atoms with Crippen LogP contribution in [0.4, 0.5) is 5.95 Å². The molecule has 1 aromatic heterocycles. The third kappa shape index (κ3) is 2.50. The molecule has 1 aliphatic rings. The highest BCUT2D eigenvalue weighted by molar-refractivity contribution is 5.29. The van der Waals surface area contributed by atoms with Crippen LogP contribution in [-0.4, -0.2) is 29.3 Å². The van der Waals surface area contributed by atoms with E-state index in [9.17, 15) is 0 Å². The summed E-state index contributed by atoms with van der Waals surface area (Å²) in [5.41, 5.74) is 0. The first kappa shape index (κ1) is 10.5. The minimum absolute atomic E-state index is 0.356. The molecule has 0 aliphatic heterocycles. The van der Waals surface area contributed by atoms with Crippen molar-refractivity contribution in [3.8, 4) is 0 Å². The van der Waals surface area contributed by atoms with Crippen molar-refractivity contribution in [2.24, 2.45) is 0 Å². The zero-order valence-corrected chi connectivity index (χ0v) is 9.44. The van der Waals surface area contributed by atoms with Gasteiger partial charge in [-0.05, 0) is 19.3 Å². The highest BCUT2D eigenvalue weighted by Crippen LogP contribution is 2.36. The fourth-order valence-electron chi connectivity index (χ4n) is 1.72. The molecular weight excluding hydrogens is 190 g/mol. The smallest absolute Gasteiger partial charge is 0.203 e. The van der Waals surface area contributed by atoms with Gasteiger partial charge >= 0.3 is 0 Å². The molecule has 1 N–H and O–H groups in total. The Kier molecular flexibility index (Phi) is 3.26. The highest BCUT2D eigenvalue weighted by atomic mass is 16.5. The predicted octanol–water partition coefficient (Wildman–Crippen LogP) is 2.05. The Labute approximate surface area is 90.6 Å². The predicted molar refractivity (Wildman–Crippen MR) is 60.1 cm³/mol. The van der Waals surface area contributed by atoms with Gasteiger partial charge < -0.3 is 14.6 Å². The van der Waals surface area contributed by atoms with Crippen LogP contribution in [0.5, 0.6) is 0 Å². The zero-order valence-electron chi connectivity index (χ0n) is 9.44. The summed E-state index contributed by atoms with van der Waals surface area (Å²) in [4.78, 5) is 4.34. The van der Waals surface area contributed by atoms with E-state index in [1.165, 1.54) is 12.8 Å². The van der Waals surface area contributed by atoms with Crippen LogP contribution in [-0.2, 0) is 4.74 Å². The minimum atomic E-state index is 0.356. The fourth-order valence-corrected chi connectivity index (χ4v) is 1.72. The normalized spacial score (nSPS) is 17.7. The molecule has 4 nitrogen and oxygen atoms in total. The first-order chi connectivity index (χ1) is 7.35. The maximum Gasteiger partial charge on any atom is 0.203 e. The monoisotopic (exact) mass is 209 g/mol. The largest absolute Gasteiger partial charge is 0.383 e. The molecule has 0 saturated heterocycles. The van der Waals surface area contributed by atoms with E-state index in [2.05, 4.69) is 28.0 Å². The lowest BCUT2D eigenvalue weighted by Gasteiger charge is -2.17. The van der Waals surface area contributed by atoms with Crippen LogP contribution in [0.15, 0.2) is 12.4 Å². The standard InChI is InChI=1S/C11H19N3O/c1-3-9(8-15-2)13-11-12-6-7-14(11)10-4-5-10/h6-7,9-10H,3-5,8H2,1-2H3,(H,12,13). The van der Waals surface area contributed by atoms with Gasteiger partial charge in [0.1, 0.15) is 0 Å². The van der Waals surface area contributed by atoms with Crippen molar-refractivity contribution in [1.29, 1.82) is 0 Å². The van der Waals surface area contributed by atoms with Crippen LogP contribution in [0.25, 0.3) is 0 Å².